The van der Waals surface area contributed by atoms with E-state index < -0.39 is 0 Å². The van der Waals surface area contributed by atoms with Gasteiger partial charge in [0.2, 0.25) is 0 Å². The molecule has 0 bridgehead atoms. The molecule has 2 aromatic carbocycles. The summed E-state index contributed by atoms with van der Waals surface area (Å²) in [7, 11) is 1.94. The number of nitrogens with one attached hydrogen (secondary N) is 1. The number of rotatable bonds is 2. The first-order chi connectivity index (χ1) is 8.81. The molecule has 0 unspecified atom stereocenters. The molecule has 3 nitrogen and oxygen atoms in total. The van der Waals surface area contributed by atoms with Gasteiger partial charge >= 0.3 is 0 Å². The number of hydrogen-bond acceptors (Lipinski definition) is 2. The molecule has 4 heteroatoms. The van der Waals surface area contributed by atoms with Crippen molar-refractivity contribution in [1.29, 1.82) is 0 Å². The summed E-state index contributed by atoms with van der Waals surface area (Å²) in [5.74, 6) is 0. The molecule has 1 heterocycles. The maximum atomic E-state index is 4.59. The van der Waals surface area contributed by atoms with Crippen molar-refractivity contribution in [2.75, 3.05) is 12.4 Å². The van der Waals surface area contributed by atoms with Crippen molar-refractivity contribution in [3.63, 3.8) is 0 Å². The van der Waals surface area contributed by atoms with Crippen molar-refractivity contribution >= 4 is 39.3 Å². The third kappa shape index (κ3) is 1.77. The Morgan fingerprint density at radius 2 is 1.78 bits per heavy atom. The van der Waals surface area contributed by atoms with Gasteiger partial charge in [0.25, 0.3) is 0 Å². The van der Waals surface area contributed by atoms with Crippen LogP contribution in [0, 0.1) is 3.83 Å². The standard InChI is InChI=1S/C14H12IN3/c1-16-10-6-2-4-8-12(10)18-13-9-5-3-7-11(13)17-14(18)15/h2-9,16H,1H3. The maximum Gasteiger partial charge on any atom is 0.177 e. The SMILES string of the molecule is CNc1ccccc1-n1c(I)nc2ccccc21. The summed E-state index contributed by atoms with van der Waals surface area (Å²) in [6.07, 6.45) is 0. The van der Waals surface area contributed by atoms with Crippen LogP contribution in [0.4, 0.5) is 5.69 Å². The lowest BCUT2D eigenvalue weighted by atomic mass is 10.2. The van der Waals surface area contributed by atoms with Crippen molar-refractivity contribution in [2.24, 2.45) is 0 Å². The van der Waals surface area contributed by atoms with Gasteiger partial charge in [-0.25, -0.2) is 4.98 Å². The number of aromatic nitrogens is 2. The average Bonchev–Trinajstić information content (AvgIpc) is 2.74. The molecular formula is C14H12IN3. The lowest BCUT2D eigenvalue weighted by Gasteiger charge is -2.11. The summed E-state index contributed by atoms with van der Waals surface area (Å²) in [6.45, 7) is 0. The van der Waals surface area contributed by atoms with Gasteiger partial charge in [0, 0.05) is 29.6 Å². The molecule has 3 rings (SSSR count). The Hall–Kier alpha value is -1.56. The summed E-state index contributed by atoms with van der Waals surface area (Å²) in [4.78, 5) is 4.59. The number of fused-ring (bicyclic) bond motifs is 1. The van der Waals surface area contributed by atoms with Gasteiger partial charge in [0.1, 0.15) is 0 Å². The van der Waals surface area contributed by atoms with Crippen molar-refractivity contribution in [2.45, 2.75) is 0 Å². The van der Waals surface area contributed by atoms with E-state index in [1.54, 1.807) is 0 Å². The third-order valence-corrected chi connectivity index (χ3v) is 3.66. The van der Waals surface area contributed by atoms with E-state index >= 15 is 0 Å². The molecule has 1 aromatic heterocycles. The summed E-state index contributed by atoms with van der Waals surface area (Å²) >= 11 is 2.27. The first kappa shape index (κ1) is 11.5. The average molecular weight is 349 g/mol. The highest BCUT2D eigenvalue weighted by Crippen LogP contribution is 2.27. The van der Waals surface area contributed by atoms with Crippen LogP contribution in [0.2, 0.25) is 0 Å². The number of para-hydroxylation sites is 4. The maximum absolute atomic E-state index is 4.59. The zero-order valence-corrected chi connectivity index (χ0v) is 12.0. The van der Waals surface area contributed by atoms with Gasteiger partial charge in [-0.05, 0) is 24.3 Å². The predicted octanol–water partition coefficient (Wildman–Crippen LogP) is 3.67. The molecule has 0 aliphatic heterocycles. The van der Waals surface area contributed by atoms with E-state index in [1.807, 2.05) is 37.4 Å². The molecular weight excluding hydrogens is 337 g/mol. The molecule has 3 aromatic rings. The Balaban J connectivity index is 2.34. The van der Waals surface area contributed by atoms with Crippen LogP contribution in [0.15, 0.2) is 48.5 Å². The molecule has 0 amide bonds. The Morgan fingerprint density at radius 3 is 2.61 bits per heavy atom. The van der Waals surface area contributed by atoms with Crippen LogP contribution < -0.4 is 5.32 Å². The zero-order valence-electron chi connectivity index (χ0n) is 9.89. The highest BCUT2D eigenvalue weighted by atomic mass is 127. The fourth-order valence-corrected chi connectivity index (χ4v) is 2.89. The fraction of sp³-hybridized carbons (Fsp3) is 0.0714. The van der Waals surface area contributed by atoms with Crippen LogP contribution >= 0.6 is 22.6 Å². The molecule has 0 aliphatic rings. The van der Waals surface area contributed by atoms with Crippen LogP contribution in [0.25, 0.3) is 16.7 Å². The largest absolute Gasteiger partial charge is 0.386 e. The van der Waals surface area contributed by atoms with E-state index in [2.05, 4.69) is 55.7 Å². The van der Waals surface area contributed by atoms with Crippen LogP contribution in [0.3, 0.4) is 0 Å². The quantitative estimate of drug-likeness (QED) is 0.716. The first-order valence-electron chi connectivity index (χ1n) is 5.71. The molecule has 0 spiro atoms. The molecule has 0 atom stereocenters. The van der Waals surface area contributed by atoms with Gasteiger partial charge < -0.3 is 5.32 Å². The van der Waals surface area contributed by atoms with E-state index in [1.165, 1.54) is 0 Å². The van der Waals surface area contributed by atoms with Gasteiger partial charge in [0.05, 0.1) is 22.4 Å². The normalized spacial score (nSPS) is 10.8. The molecule has 90 valence electrons. The third-order valence-electron chi connectivity index (χ3n) is 2.93. The molecule has 0 radical (unpaired) electrons. The van der Waals surface area contributed by atoms with Gasteiger partial charge in [-0.2, -0.15) is 0 Å². The minimum absolute atomic E-state index is 0.969. The van der Waals surface area contributed by atoms with Crippen molar-refractivity contribution < 1.29 is 0 Å². The number of benzene rings is 2. The molecule has 0 fully saturated rings. The highest BCUT2D eigenvalue weighted by molar-refractivity contribution is 14.1. The first-order valence-corrected chi connectivity index (χ1v) is 6.79. The summed E-state index contributed by atoms with van der Waals surface area (Å²) < 4.78 is 3.14. The topological polar surface area (TPSA) is 29.9 Å². The van der Waals surface area contributed by atoms with Gasteiger partial charge in [-0.3, -0.25) is 4.57 Å². The van der Waals surface area contributed by atoms with Crippen LogP contribution in [0.5, 0.6) is 0 Å². The second-order valence-corrected chi connectivity index (χ2v) is 4.94. The van der Waals surface area contributed by atoms with E-state index in [0.29, 0.717) is 0 Å². The van der Waals surface area contributed by atoms with Gasteiger partial charge in [-0.1, -0.05) is 24.3 Å². The number of hydrogen-bond donors (Lipinski definition) is 1. The predicted molar refractivity (Wildman–Crippen MR) is 83.3 cm³/mol. The summed E-state index contributed by atoms with van der Waals surface area (Å²) in [6, 6.07) is 16.4. The smallest absolute Gasteiger partial charge is 0.177 e. The highest BCUT2D eigenvalue weighted by Gasteiger charge is 2.11. The number of halogens is 1. The lowest BCUT2D eigenvalue weighted by Crippen LogP contribution is -2.01. The minimum Gasteiger partial charge on any atom is -0.386 e. The molecule has 0 aliphatic carbocycles. The van der Waals surface area contributed by atoms with E-state index in [-0.39, 0.29) is 0 Å². The number of nitrogens with zero attached hydrogens (tertiary/aromatic N) is 2. The van der Waals surface area contributed by atoms with E-state index in [9.17, 15) is 0 Å². The van der Waals surface area contributed by atoms with Gasteiger partial charge in [-0.15, -0.1) is 0 Å². The van der Waals surface area contributed by atoms with Crippen molar-refractivity contribution in [3.05, 3.63) is 52.4 Å². The Bertz CT molecular complexity index is 703. The second-order valence-electron chi connectivity index (χ2n) is 3.97. The van der Waals surface area contributed by atoms with E-state index in [4.69, 9.17) is 0 Å². The monoisotopic (exact) mass is 349 g/mol. The zero-order chi connectivity index (χ0) is 12.5. The molecule has 0 saturated heterocycles. The minimum atomic E-state index is 0.969. The Morgan fingerprint density at radius 1 is 1.06 bits per heavy atom. The van der Waals surface area contributed by atoms with Crippen LogP contribution in [0.1, 0.15) is 0 Å². The van der Waals surface area contributed by atoms with Crippen LogP contribution in [-0.2, 0) is 0 Å². The lowest BCUT2D eigenvalue weighted by molar-refractivity contribution is 1.04. The molecule has 18 heavy (non-hydrogen) atoms. The van der Waals surface area contributed by atoms with Gasteiger partial charge in [0.15, 0.2) is 3.83 Å². The summed E-state index contributed by atoms with van der Waals surface area (Å²) in [5.41, 5.74) is 4.37. The summed E-state index contributed by atoms with van der Waals surface area (Å²) in [5, 5.41) is 3.22. The van der Waals surface area contributed by atoms with Crippen LogP contribution in [-0.4, -0.2) is 16.6 Å². The molecule has 0 saturated carbocycles. The van der Waals surface area contributed by atoms with E-state index in [0.717, 1.165) is 26.2 Å². The number of imidazole rings is 1. The molecule has 1 N–H and O–H groups in total. The van der Waals surface area contributed by atoms with Crippen molar-refractivity contribution in [1.82, 2.24) is 9.55 Å². The Labute approximate surface area is 119 Å². The Kier molecular flexibility index (Phi) is 2.95. The number of anilines is 1. The second kappa shape index (κ2) is 4.61. The van der Waals surface area contributed by atoms with Crippen molar-refractivity contribution in [3.8, 4) is 5.69 Å². The fourth-order valence-electron chi connectivity index (χ4n) is 2.11.